The van der Waals surface area contributed by atoms with Crippen molar-refractivity contribution in [2.24, 2.45) is 0 Å². The van der Waals surface area contributed by atoms with E-state index < -0.39 is 24.0 Å². The van der Waals surface area contributed by atoms with Gasteiger partial charge in [-0.05, 0) is 42.6 Å². The summed E-state index contributed by atoms with van der Waals surface area (Å²) in [6.07, 6.45) is -5.48. The molecule has 0 spiro atoms. The lowest BCUT2D eigenvalue weighted by Gasteiger charge is -2.32. The molecule has 1 fully saturated rings. The van der Waals surface area contributed by atoms with Gasteiger partial charge in [0.25, 0.3) is 0 Å². The van der Waals surface area contributed by atoms with Gasteiger partial charge >= 0.3 is 12.3 Å². The van der Waals surface area contributed by atoms with E-state index in [1.54, 1.807) is 24.3 Å². The molecule has 2 aromatic rings. The van der Waals surface area contributed by atoms with Gasteiger partial charge in [0.2, 0.25) is 0 Å². The highest BCUT2D eigenvalue weighted by Gasteiger charge is 2.34. The van der Waals surface area contributed by atoms with Crippen LogP contribution in [-0.2, 0) is 15.7 Å². The van der Waals surface area contributed by atoms with Crippen molar-refractivity contribution in [3.05, 3.63) is 70.2 Å². The van der Waals surface area contributed by atoms with Gasteiger partial charge in [-0.2, -0.15) is 13.2 Å². The smallest absolute Gasteiger partial charge is 0.450 e. The maximum absolute atomic E-state index is 13.3. The largest absolute Gasteiger partial charge is 0.506 e. The van der Waals surface area contributed by atoms with E-state index in [4.69, 9.17) is 26.2 Å². The maximum Gasteiger partial charge on any atom is 0.506 e. The molecule has 9 heteroatoms. The summed E-state index contributed by atoms with van der Waals surface area (Å²) in [5, 5.41) is 8.44. The maximum atomic E-state index is 13.3. The minimum absolute atomic E-state index is 0.253. The molecule has 0 saturated carbocycles. The number of rotatable bonds is 7. The van der Waals surface area contributed by atoms with Crippen LogP contribution < -0.4 is 0 Å². The van der Waals surface area contributed by atoms with Crippen LogP contribution in [0, 0.1) is 0 Å². The second-order valence-corrected chi connectivity index (χ2v) is 7.75. The summed E-state index contributed by atoms with van der Waals surface area (Å²) >= 11 is 5.77. The molecule has 168 valence electrons. The summed E-state index contributed by atoms with van der Waals surface area (Å²) in [6.45, 7) is 1.99. The summed E-state index contributed by atoms with van der Waals surface area (Å²) in [6, 6.07) is 12.8. The topological polar surface area (TPSA) is 59.0 Å². The molecule has 0 bridgehead atoms. The van der Waals surface area contributed by atoms with Gasteiger partial charge in [0.05, 0.1) is 17.2 Å². The number of benzene rings is 2. The fourth-order valence-electron chi connectivity index (χ4n) is 3.69. The quantitative estimate of drug-likeness (QED) is 0.546. The molecule has 1 aliphatic heterocycles. The third-order valence-electron chi connectivity index (χ3n) is 5.12. The van der Waals surface area contributed by atoms with Gasteiger partial charge < -0.3 is 14.6 Å². The van der Waals surface area contributed by atoms with Crippen molar-refractivity contribution in [2.75, 3.05) is 26.2 Å². The molecule has 31 heavy (non-hydrogen) atoms. The SMILES string of the molecule is O=C(O)OC1CCCN(CCOC(c2ccccc2)c2ccc(Cl)c(C(F)(F)F)c2)C1. The molecule has 5 nitrogen and oxygen atoms in total. The van der Waals surface area contributed by atoms with Crippen LogP contribution in [0.5, 0.6) is 0 Å². The van der Waals surface area contributed by atoms with Gasteiger partial charge in [0.1, 0.15) is 12.2 Å². The number of hydrogen-bond acceptors (Lipinski definition) is 4. The number of carbonyl (C=O) groups is 1. The van der Waals surface area contributed by atoms with Crippen LogP contribution in [0.1, 0.15) is 35.6 Å². The molecule has 1 aliphatic rings. The van der Waals surface area contributed by atoms with E-state index in [9.17, 15) is 18.0 Å². The molecule has 0 aromatic heterocycles. The van der Waals surface area contributed by atoms with Gasteiger partial charge in [0.15, 0.2) is 0 Å². The van der Waals surface area contributed by atoms with Crippen LogP contribution in [0.25, 0.3) is 0 Å². The van der Waals surface area contributed by atoms with Crippen molar-refractivity contribution in [3.8, 4) is 0 Å². The Bertz CT molecular complexity index is 879. The number of halogens is 4. The van der Waals surface area contributed by atoms with E-state index in [0.29, 0.717) is 25.1 Å². The summed E-state index contributed by atoms with van der Waals surface area (Å²) < 4.78 is 50.9. The van der Waals surface area contributed by atoms with Crippen molar-refractivity contribution in [2.45, 2.75) is 31.2 Å². The Morgan fingerprint density at radius 3 is 2.61 bits per heavy atom. The van der Waals surface area contributed by atoms with E-state index in [1.807, 2.05) is 11.0 Å². The highest BCUT2D eigenvalue weighted by molar-refractivity contribution is 6.31. The Hall–Kier alpha value is -2.29. The third-order valence-corrected chi connectivity index (χ3v) is 5.45. The summed E-state index contributed by atoms with van der Waals surface area (Å²) in [5.74, 6) is 0. The van der Waals surface area contributed by atoms with Crippen molar-refractivity contribution in [1.29, 1.82) is 0 Å². The van der Waals surface area contributed by atoms with Gasteiger partial charge in [-0.1, -0.05) is 48.0 Å². The zero-order chi connectivity index (χ0) is 22.4. The van der Waals surface area contributed by atoms with Gasteiger partial charge in [-0.3, -0.25) is 4.90 Å². The number of alkyl halides is 3. The number of ether oxygens (including phenoxy) is 2. The number of likely N-dealkylation sites (tertiary alicyclic amines) is 1. The fourth-order valence-corrected chi connectivity index (χ4v) is 3.92. The number of nitrogens with zero attached hydrogens (tertiary/aromatic N) is 1. The molecule has 1 heterocycles. The monoisotopic (exact) mass is 457 g/mol. The molecule has 0 radical (unpaired) electrons. The molecule has 2 aromatic carbocycles. The second kappa shape index (κ2) is 10.3. The zero-order valence-electron chi connectivity index (χ0n) is 16.6. The number of carboxylic acid groups (broad SMARTS) is 1. The van der Waals surface area contributed by atoms with E-state index in [2.05, 4.69) is 0 Å². The van der Waals surface area contributed by atoms with Crippen LogP contribution in [0.2, 0.25) is 5.02 Å². The molecule has 0 aliphatic carbocycles. The average Bonchev–Trinajstić information content (AvgIpc) is 2.71. The normalized spacial score (nSPS) is 18.5. The van der Waals surface area contributed by atoms with E-state index >= 15 is 0 Å². The van der Waals surface area contributed by atoms with Crippen LogP contribution in [0.15, 0.2) is 48.5 Å². The van der Waals surface area contributed by atoms with E-state index in [1.165, 1.54) is 12.1 Å². The average molecular weight is 458 g/mol. The summed E-state index contributed by atoms with van der Waals surface area (Å²) in [4.78, 5) is 12.8. The minimum Gasteiger partial charge on any atom is -0.450 e. The Morgan fingerprint density at radius 1 is 1.19 bits per heavy atom. The first-order chi connectivity index (χ1) is 14.7. The summed E-state index contributed by atoms with van der Waals surface area (Å²) in [5.41, 5.74) is 0.179. The molecule has 3 rings (SSSR count). The predicted molar refractivity (Wildman–Crippen MR) is 109 cm³/mol. The predicted octanol–water partition coefficient (Wildman–Crippen LogP) is 5.62. The van der Waals surface area contributed by atoms with Gasteiger partial charge in [-0.25, -0.2) is 4.79 Å². The first-order valence-electron chi connectivity index (χ1n) is 9.89. The van der Waals surface area contributed by atoms with E-state index in [-0.39, 0.29) is 17.7 Å². The minimum atomic E-state index is -4.57. The Kier molecular flexibility index (Phi) is 7.80. The molecular weight excluding hydrogens is 435 g/mol. The molecular formula is C22H23ClF3NO4. The highest BCUT2D eigenvalue weighted by Crippen LogP contribution is 2.37. The lowest BCUT2D eigenvalue weighted by Crippen LogP contribution is -2.42. The third kappa shape index (κ3) is 6.59. The van der Waals surface area contributed by atoms with Crippen LogP contribution in [0.4, 0.5) is 18.0 Å². The fraction of sp³-hybridized carbons (Fsp3) is 0.409. The lowest BCUT2D eigenvalue weighted by molar-refractivity contribution is -0.137. The second-order valence-electron chi connectivity index (χ2n) is 7.35. The lowest BCUT2D eigenvalue weighted by atomic mass is 9.99. The summed E-state index contributed by atoms with van der Waals surface area (Å²) in [7, 11) is 0. The Labute approximate surface area is 183 Å². The number of hydrogen-bond donors (Lipinski definition) is 1. The van der Waals surface area contributed by atoms with E-state index in [0.717, 1.165) is 24.6 Å². The van der Waals surface area contributed by atoms with Gasteiger partial charge in [-0.15, -0.1) is 0 Å². The van der Waals surface area contributed by atoms with Crippen LogP contribution in [0.3, 0.4) is 0 Å². The Morgan fingerprint density at radius 2 is 1.94 bits per heavy atom. The first kappa shape index (κ1) is 23.4. The van der Waals surface area contributed by atoms with Crippen molar-refractivity contribution in [3.63, 3.8) is 0 Å². The molecule has 0 amide bonds. The first-order valence-corrected chi connectivity index (χ1v) is 10.3. The standard InChI is InChI=1S/C22H23ClF3NO4/c23-19-9-8-16(13-18(19)22(24,25)26)20(15-5-2-1-3-6-15)30-12-11-27-10-4-7-17(14-27)31-21(28)29/h1-3,5-6,8-9,13,17,20H,4,7,10-12,14H2,(H,28,29). The highest BCUT2D eigenvalue weighted by atomic mass is 35.5. The zero-order valence-corrected chi connectivity index (χ0v) is 17.4. The number of piperidine rings is 1. The molecule has 2 atom stereocenters. The molecule has 1 N–H and O–H groups in total. The van der Waals surface area contributed by atoms with Crippen molar-refractivity contribution < 1.29 is 32.5 Å². The molecule has 1 saturated heterocycles. The Balaban J connectivity index is 1.72. The molecule has 2 unspecified atom stereocenters. The van der Waals surface area contributed by atoms with Crippen LogP contribution >= 0.6 is 11.6 Å². The van der Waals surface area contributed by atoms with Crippen molar-refractivity contribution in [1.82, 2.24) is 4.90 Å². The van der Waals surface area contributed by atoms with Gasteiger partial charge in [0, 0.05) is 13.1 Å². The van der Waals surface area contributed by atoms with Crippen molar-refractivity contribution >= 4 is 17.8 Å². The van der Waals surface area contributed by atoms with Crippen LogP contribution in [-0.4, -0.2) is 48.5 Å².